The summed E-state index contributed by atoms with van der Waals surface area (Å²) in [5.74, 6) is -1.61. The molecule has 2 aliphatic heterocycles. The molecule has 0 aromatic heterocycles. The molecule has 0 radical (unpaired) electrons. The molecule has 2 heterocycles. The summed E-state index contributed by atoms with van der Waals surface area (Å²) < 4.78 is 0. The summed E-state index contributed by atoms with van der Waals surface area (Å²) in [4.78, 5) is 84.4. The minimum Gasteiger partial charge on any atom is -0.346 e. The highest BCUT2D eigenvalue weighted by atomic mass is 16.2. The molecule has 6 amide bonds. The molecule has 12 heteroatoms. The van der Waals surface area contributed by atoms with E-state index in [4.69, 9.17) is 0 Å². The van der Waals surface area contributed by atoms with Crippen molar-refractivity contribution in [2.75, 3.05) is 26.2 Å². The zero-order valence-corrected chi connectivity index (χ0v) is 30.9. The van der Waals surface area contributed by atoms with Gasteiger partial charge in [0.15, 0.2) is 0 Å². The van der Waals surface area contributed by atoms with E-state index in [1.54, 1.807) is 4.90 Å². The number of likely N-dealkylation sites (tertiary alicyclic amines) is 2. The first kappa shape index (κ1) is 37.8. The standard InChI is InChI=1S/C38H60N6O6/c1-7-18-39-34(48)31(46)26(20-23-16-17-23)40-33(47)30-29-25(38(29,5)6)21-44(30)35(49)32(37(2,3)4)42-36(50)41-27(24-13-9-8-10-14-24)22-43-19-12-11-15-28(43)45/h7,23-27,29-30,32H,1,8-22H2,2-6H3,(H,39,48)(H,40,47)(H2,41,42,50)/t25-,26?,27+,29-,30-,32+/m0/s1. The van der Waals surface area contributed by atoms with Gasteiger partial charge in [0.05, 0.1) is 12.1 Å². The summed E-state index contributed by atoms with van der Waals surface area (Å²) in [7, 11) is 0. The van der Waals surface area contributed by atoms with Crippen LogP contribution in [0.15, 0.2) is 12.7 Å². The first-order valence-corrected chi connectivity index (χ1v) is 19.0. The van der Waals surface area contributed by atoms with E-state index in [-0.39, 0.29) is 53.5 Å². The minimum absolute atomic E-state index is 0.0999. The van der Waals surface area contributed by atoms with Crippen LogP contribution >= 0.6 is 0 Å². The van der Waals surface area contributed by atoms with Gasteiger partial charge in [0, 0.05) is 32.6 Å². The summed E-state index contributed by atoms with van der Waals surface area (Å²) in [6.07, 6.45) is 11.4. The molecule has 1 unspecified atom stereocenters. The van der Waals surface area contributed by atoms with Gasteiger partial charge >= 0.3 is 6.03 Å². The van der Waals surface area contributed by atoms with Crippen LogP contribution in [0, 0.1) is 34.5 Å². The maximum Gasteiger partial charge on any atom is 0.315 e. The van der Waals surface area contributed by atoms with Gasteiger partial charge in [-0.15, -0.1) is 6.58 Å². The molecule has 50 heavy (non-hydrogen) atoms. The predicted octanol–water partition coefficient (Wildman–Crippen LogP) is 3.30. The van der Waals surface area contributed by atoms with Gasteiger partial charge in [0.2, 0.25) is 23.5 Å². The summed E-state index contributed by atoms with van der Waals surface area (Å²) in [5.41, 5.74) is -0.855. The fraction of sp³-hybridized carbons (Fsp3) is 0.789. The Morgan fingerprint density at radius 2 is 1.66 bits per heavy atom. The second kappa shape index (κ2) is 15.4. The number of urea groups is 1. The molecule has 2 saturated heterocycles. The molecular formula is C38H60N6O6. The molecule has 5 fully saturated rings. The number of nitrogens with zero attached hydrogens (tertiary/aromatic N) is 2. The third kappa shape index (κ3) is 8.70. The van der Waals surface area contributed by atoms with E-state index >= 15 is 0 Å². The minimum atomic E-state index is -0.983. The monoisotopic (exact) mass is 696 g/mol. The van der Waals surface area contributed by atoms with Crippen molar-refractivity contribution in [1.29, 1.82) is 0 Å². The Bertz CT molecular complexity index is 1330. The van der Waals surface area contributed by atoms with Crippen molar-refractivity contribution in [1.82, 2.24) is 31.1 Å². The number of ketones is 1. The van der Waals surface area contributed by atoms with Crippen molar-refractivity contribution in [3.05, 3.63) is 12.7 Å². The fourth-order valence-corrected chi connectivity index (χ4v) is 8.70. The Morgan fingerprint density at radius 1 is 0.960 bits per heavy atom. The largest absolute Gasteiger partial charge is 0.346 e. The zero-order valence-electron chi connectivity index (χ0n) is 30.9. The average Bonchev–Trinajstić information content (AvgIpc) is 3.93. The zero-order chi connectivity index (χ0) is 36.4. The second-order valence-corrected chi connectivity index (χ2v) is 17.2. The van der Waals surface area contributed by atoms with E-state index < -0.39 is 47.2 Å². The maximum absolute atomic E-state index is 14.5. The SMILES string of the molecule is C=CCNC(=O)C(=O)C(CC1CC1)NC(=O)[C@@H]1[C@@H]2[C@H](CN1C(=O)[C@@H](NC(=O)N[C@H](CN1CCCCC1=O)C1CCCCC1)C(C)(C)C)C2(C)C. The van der Waals surface area contributed by atoms with Gasteiger partial charge in [0.1, 0.15) is 12.1 Å². The van der Waals surface area contributed by atoms with Gasteiger partial charge in [-0.2, -0.15) is 0 Å². The van der Waals surface area contributed by atoms with Crippen molar-refractivity contribution in [3.8, 4) is 0 Å². The topological polar surface area (TPSA) is 157 Å². The summed E-state index contributed by atoms with van der Waals surface area (Å²) in [5, 5.41) is 11.6. The molecule has 0 spiro atoms. The third-order valence-corrected chi connectivity index (χ3v) is 12.1. The Hall–Kier alpha value is -3.44. The second-order valence-electron chi connectivity index (χ2n) is 17.2. The lowest BCUT2D eigenvalue weighted by Gasteiger charge is -2.39. The number of rotatable bonds is 14. The van der Waals surface area contributed by atoms with Crippen molar-refractivity contribution in [2.45, 2.75) is 129 Å². The fourth-order valence-electron chi connectivity index (χ4n) is 8.70. The number of amides is 6. The molecule has 0 aromatic carbocycles. The third-order valence-electron chi connectivity index (χ3n) is 12.1. The van der Waals surface area contributed by atoms with Crippen LogP contribution in [-0.2, 0) is 24.0 Å². The number of nitrogens with one attached hydrogen (secondary N) is 4. The number of fused-ring (bicyclic) bond motifs is 1. The summed E-state index contributed by atoms with van der Waals surface area (Å²) in [6.45, 7) is 15.1. The quantitative estimate of drug-likeness (QED) is 0.161. The van der Waals surface area contributed by atoms with Crippen LogP contribution < -0.4 is 21.3 Å². The number of hydrogen-bond acceptors (Lipinski definition) is 6. The van der Waals surface area contributed by atoms with Gasteiger partial charge in [-0.1, -0.05) is 72.8 Å². The lowest BCUT2D eigenvalue weighted by Crippen LogP contribution is -2.62. The molecule has 5 rings (SSSR count). The molecule has 3 aliphatic carbocycles. The van der Waals surface area contributed by atoms with Gasteiger partial charge in [-0.3, -0.25) is 24.0 Å². The van der Waals surface area contributed by atoms with Crippen molar-refractivity contribution in [2.24, 2.45) is 34.5 Å². The number of hydrogen-bond donors (Lipinski definition) is 4. The first-order chi connectivity index (χ1) is 23.6. The maximum atomic E-state index is 14.5. The number of carbonyl (C=O) groups excluding carboxylic acids is 6. The molecule has 5 aliphatic rings. The molecule has 4 N–H and O–H groups in total. The predicted molar refractivity (Wildman–Crippen MR) is 189 cm³/mol. The van der Waals surface area contributed by atoms with Gasteiger partial charge in [0.25, 0.3) is 5.91 Å². The van der Waals surface area contributed by atoms with Crippen LogP contribution in [0.2, 0.25) is 0 Å². The van der Waals surface area contributed by atoms with Crippen molar-refractivity contribution < 1.29 is 28.8 Å². The molecule has 3 saturated carbocycles. The molecule has 0 bridgehead atoms. The van der Waals surface area contributed by atoms with E-state index in [1.807, 2.05) is 25.7 Å². The Balaban J connectivity index is 1.31. The number of piperidine rings is 2. The highest BCUT2D eigenvalue weighted by molar-refractivity contribution is 6.38. The Labute approximate surface area is 297 Å². The lowest BCUT2D eigenvalue weighted by molar-refractivity contribution is -0.145. The molecule has 6 atom stereocenters. The highest BCUT2D eigenvalue weighted by Crippen LogP contribution is 2.65. The normalized spacial score (nSPS) is 26.6. The van der Waals surface area contributed by atoms with E-state index in [0.29, 0.717) is 32.5 Å². The molecule has 278 valence electrons. The number of Topliss-reactive ketones (excluding diaryl/α,β-unsaturated/α-hetero) is 1. The molecule has 12 nitrogen and oxygen atoms in total. The highest BCUT2D eigenvalue weighted by Gasteiger charge is 2.70. The molecule has 0 aromatic rings. The van der Waals surface area contributed by atoms with E-state index in [0.717, 1.165) is 51.4 Å². The van der Waals surface area contributed by atoms with Crippen LogP contribution in [0.5, 0.6) is 0 Å². The average molecular weight is 697 g/mol. The Morgan fingerprint density at radius 3 is 2.28 bits per heavy atom. The molecular weight excluding hydrogens is 636 g/mol. The Kier molecular flexibility index (Phi) is 11.7. The number of carbonyl (C=O) groups is 6. The first-order valence-electron chi connectivity index (χ1n) is 19.0. The van der Waals surface area contributed by atoms with Crippen molar-refractivity contribution in [3.63, 3.8) is 0 Å². The smallest absolute Gasteiger partial charge is 0.315 e. The van der Waals surface area contributed by atoms with E-state index in [9.17, 15) is 28.8 Å². The van der Waals surface area contributed by atoms with Crippen LogP contribution in [0.3, 0.4) is 0 Å². The van der Waals surface area contributed by atoms with E-state index in [2.05, 4.69) is 41.7 Å². The van der Waals surface area contributed by atoms with Crippen LogP contribution in [-0.4, -0.2) is 95.6 Å². The van der Waals surface area contributed by atoms with Gasteiger partial charge in [-0.05, 0) is 66.6 Å². The summed E-state index contributed by atoms with van der Waals surface area (Å²) in [6, 6.07) is -3.43. The lowest BCUT2D eigenvalue weighted by atomic mass is 9.83. The summed E-state index contributed by atoms with van der Waals surface area (Å²) >= 11 is 0. The van der Waals surface area contributed by atoms with Crippen LogP contribution in [0.4, 0.5) is 4.79 Å². The van der Waals surface area contributed by atoms with Crippen LogP contribution in [0.25, 0.3) is 0 Å². The van der Waals surface area contributed by atoms with Gasteiger partial charge in [-0.25, -0.2) is 4.79 Å². The van der Waals surface area contributed by atoms with E-state index in [1.165, 1.54) is 12.5 Å². The van der Waals surface area contributed by atoms with Gasteiger partial charge < -0.3 is 31.1 Å². The van der Waals surface area contributed by atoms with Crippen molar-refractivity contribution >= 4 is 35.4 Å². The van der Waals surface area contributed by atoms with Crippen LogP contribution in [0.1, 0.15) is 105 Å².